The summed E-state index contributed by atoms with van der Waals surface area (Å²) < 4.78 is 0. The van der Waals surface area contributed by atoms with E-state index in [2.05, 4.69) is 26.0 Å². The van der Waals surface area contributed by atoms with Gasteiger partial charge in [-0.05, 0) is 18.9 Å². The van der Waals surface area contributed by atoms with Crippen molar-refractivity contribution in [3.05, 3.63) is 12.2 Å². The molecule has 1 nitrogen and oxygen atoms in total. The van der Waals surface area contributed by atoms with E-state index in [9.17, 15) is 0 Å². The fraction of sp³-hybridized carbons (Fsp3) is 0.714. The van der Waals surface area contributed by atoms with Crippen LogP contribution in [0.3, 0.4) is 0 Å². The lowest BCUT2D eigenvalue weighted by Gasteiger charge is -1.90. The molecule has 8 heavy (non-hydrogen) atoms. The normalized spacial score (nSPS) is 11.5. The molecule has 0 heterocycles. The topological polar surface area (TPSA) is 26.0 Å². The Morgan fingerprint density at radius 3 is 2.50 bits per heavy atom. The van der Waals surface area contributed by atoms with E-state index >= 15 is 0 Å². The summed E-state index contributed by atoms with van der Waals surface area (Å²) in [4.78, 5) is 0. The highest BCUT2D eigenvalue weighted by Crippen LogP contribution is 1.93. The minimum atomic E-state index is 0.668. The summed E-state index contributed by atoms with van der Waals surface area (Å²) in [5.74, 6) is 0.668. The summed E-state index contributed by atoms with van der Waals surface area (Å²) in [6.45, 7) is 5.09. The van der Waals surface area contributed by atoms with E-state index in [1.165, 1.54) is 0 Å². The quantitative estimate of drug-likeness (QED) is 0.552. The molecule has 0 aliphatic rings. The van der Waals surface area contributed by atoms with E-state index < -0.39 is 0 Å². The molecule has 1 heteroatoms. The van der Waals surface area contributed by atoms with Gasteiger partial charge in [0.25, 0.3) is 0 Å². The van der Waals surface area contributed by atoms with E-state index in [1.807, 2.05) is 0 Å². The molecule has 0 aliphatic carbocycles. The Labute approximate surface area is 51.6 Å². The highest BCUT2D eigenvalue weighted by atomic mass is 14.5. The molecule has 0 spiro atoms. The van der Waals surface area contributed by atoms with Gasteiger partial charge in [0, 0.05) is 0 Å². The van der Waals surface area contributed by atoms with Gasteiger partial charge in [0.05, 0.1) is 0 Å². The molecule has 0 aromatic carbocycles. The van der Waals surface area contributed by atoms with Gasteiger partial charge in [0.1, 0.15) is 0 Å². The smallest absolute Gasteiger partial charge is 0.00426 e. The van der Waals surface area contributed by atoms with E-state index in [-0.39, 0.29) is 0 Å². The number of hydrogen-bond acceptors (Lipinski definition) is 1. The Balaban J connectivity index is 3.07. The third-order valence-corrected chi connectivity index (χ3v) is 0.854. The van der Waals surface area contributed by atoms with Gasteiger partial charge in [0.15, 0.2) is 0 Å². The SMILES string of the molecule is CC(C)/C=C\CCN. The van der Waals surface area contributed by atoms with E-state index in [4.69, 9.17) is 5.73 Å². The maximum Gasteiger partial charge on any atom is -0.00426 e. The van der Waals surface area contributed by atoms with Crippen LogP contribution in [0.15, 0.2) is 12.2 Å². The van der Waals surface area contributed by atoms with Crippen molar-refractivity contribution in [2.75, 3.05) is 6.54 Å². The summed E-state index contributed by atoms with van der Waals surface area (Å²) in [5, 5.41) is 0. The molecular formula is C7H15N. The molecular weight excluding hydrogens is 98.1 g/mol. The van der Waals surface area contributed by atoms with Crippen LogP contribution in [0.2, 0.25) is 0 Å². The first-order valence-electron chi connectivity index (χ1n) is 3.14. The summed E-state index contributed by atoms with van der Waals surface area (Å²) >= 11 is 0. The maximum absolute atomic E-state index is 5.26. The van der Waals surface area contributed by atoms with Gasteiger partial charge < -0.3 is 5.73 Å². The molecule has 0 fully saturated rings. The zero-order valence-corrected chi connectivity index (χ0v) is 5.72. The predicted octanol–water partition coefficient (Wildman–Crippen LogP) is 1.55. The average molecular weight is 113 g/mol. The Morgan fingerprint density at radius 1 is 1.50 bits per heavy atom. The van der Waals surface area contributed by atoms with Crippen LogP contribution in [0.5, 0.6) is 0 Å². The summed E-state index contributed by atoms with van der Waals surface area (Å²) in [6.07, 6.45) is 5.32. The molecule has 2 N–H and O–H groups in total. The van der Waals surface area contributed by atoms with Crippen LogP contribution >= 0.6 is 0 Å². The van der Waals surface area contributed by atoms with Crippen LogP contribution in [0.4, 0.5) is 0 Å². The van der Waals surface area contributed by atoms with Crippen molar-refractivity contribution in [2.45, 2.75) is 20.3 Å². The Kier molecular flexibility index (Phi) is 4.67. The molecule has 0 unspecified atom stereocenters. The van der Waals surface area contributed by atoms with Gasteiger partial charge in [-0.25, -0.2) is 0 Å². The molecule has 0 saturated heterocycles. The van der Waals surface area contributed by atoms with Gasteiger partial charge >= 0.3 is 0 Å². The molecule has 0 aliphatic heterocycles. The molecule has 0 amide bonds. The molecule has 48 valence electrons. The first-order valence-corrected chi connectivity index (χ1v) is 3.14. The number of nitrogens with two attached hydrogens (primary N) is 1. The third-order valence-electron chi connectivity index (χ3n) is 0.854. The van der Waals surface area contributed by atoms with Crippen molar-refractivity contribution in [3.63, 3.8) is 0 Å². The highest BCUT2D eigenvalue weighted by molar-refractivity contribution is 4.84. The van der Waals surface area contributed by atoms with Crippen LogP contribution in [0.25, 0.3) is 0 Å². The lowest BCUT2D eigenvalue weighted by atomic mass is 10.2. The predicted molar refractivity (Wildman–Crippen MR) is 37.6 cm³/mol. The lowest BCUT2D eigenvalue weighted by Crippen LogP contribution is -1.95. The largest absolute Gasteiger partial charge is 0.330 e. The second-order valence-corrected chi connectivity index (χ2v) is 2.25. The second-order valence-electron chi connectivity index (χ2n) is 2.25. The monoisotopic (exact) mass is 113 g/mol. The third kappa shape index (κ3) is 5.70. The molecule has 0 rings (SSSR count). The van der Waals surface area contributed by atoms with E-state index in [0.29, 0.717) is 5.92 Å². The number of hydrogen-bond donors (Lipinski definition) is 1. The summed E-state index contributed by atoms with van der Waals surface area (Å²) in [7, 11) is 0. The van der Waals surface area contributed by atoms with Crippen LogP contribution in [-0.2, 0) is 0 Å². The fourth-order valence-corrected chi connectivity index (χ4v) is 0.465. The Bertz CT molecular complexity index is 64.8. The van der Waals surface area contributed by atoms with Gasteiger partial charge in [-0.1, -0.05) is 26.0 Å². The van der Waals surface area contributed by atoms with Crippen LogP contribution in [0, 0.1) is 5.92 Å². The van der Waals surface area contributed by atoms with E-state index in [1.54, 1.807) is 0 Å². The standard InChI is InChI=1S/C7H15N/c1-7(2)5-3-4-6-8/h3,5,7H,4,6,8H2,1-2H3/b5-3-. The Hall–Kier alpha value is -0.300. The molecule has 0 saturated carbocycles. The first kappa shape index (κ1) is 7.70. The van der Waals surface area contributed by atoms with Crippen molar-refractivity contribution in [1.29, 1.82) is 0 Å². The van der Waals surface area contributed by atoms with Crippen molar-refractivity contribution in [1.82, 2.24) is 0 Å². The molecule has 0 radical (unpaired) electrons. The molecule has 0 aromatic rings. The van der Waals surface area contributed by atoms with Crippen LogP contribution in [0.1, 0.15) is 20.3 Å². The van der Waals surface area contributed by atoms with Crippen molar-refractivity contribution < 1.29 is 0 Å². The second kappa shape index (κ2) is 4.85. The molecule has 0 atom stereocenters. The number of allylic oxidation sites excluding steroid dienone is 1. The van der Waals surface area contributed by atoms with Crippen LogP contribution < -0.4 is 5.73 Å². The zero-order chi connectivity index (χ0) is 6.41. The minimum absolute atomic E-state index is 0.668. The molecule has 0 bridgehead atoms. The zero-order valence-electron chi connectivity index (χ0n) is 5.72. The Morgan fingerprint density at radius 2 is 2.12 bits per heavy atom. The minimum Gasteiger partial charge on any atom is -0.330 e. The lowest BCUT2D eigenvalue weighted by molar-refractivity contribution is 0.822. The molecule has 0 aromatic heterocycles. The highest BCUT2D eigenvalue weighted by Gasteiger charge is 1.80. The van der Waals surface area contributed by atoms with Crippen molar-refractivity contribution >= 4 is 0 Å². The van der Waals surface area contributed by atoms with Gasteiger partial charge in [-0.2, -0.15) is 0 Å². The van der Waals surface area contributed by atoms with Gasteiger partial charge in [-0.3, -0.25) is 0 Å². The van der Waals surface area contributed by atoms with Gasteiger partial charge in [-0.15, -0.1) is 0 Å². The fourth-order valence-electron chi connectivity index (χ4n) is 0.465. The summed E-state index contributed by atoms with van der Waals surface area (Å²) in [6, 6.07) is 0. The van der Waals surface area contributed by atoms with Crippen molar-refractivity contribution in [3.8, 4) is 0 Å². The van der Waals surface area contributed by atoms with Gasteiger partial charge in [0.2, 0.25) is 0 Å². The first-order chi connectivity index (χ1) is 3.77. The van der Waals surface area contributed by atoms with Crippen LogP contribution in [-0.4, -0.2) is 6.54 Å². The summed E-state index contributed by atoms with van der Waals surface area (Å²) in [5.41, 5.74) is 5.26. The number of rotatable bonds is 3. The average Bonchev–Trinajstić information content (AvgIpc) is 1.66. The van der Waals surface area contributed by atoms with Crippen molar-refractivity contribution in [2.24, 2.45) is 11.7 Å². The maximum atomic E-state index is 5.26. The van der Waals surface area contributed by atoms with E-state index in [0.717, 1.165) is 13.0 Å².